The first-order valence-electron chi connectivity index (χ1n) is 6.47. The van der Waals surface area contributed by atoms with E-state index in [-0.39, 0.29) is 30.0 Å². The number of hydrogen-bond donors (Lipinski definition) is 0. The Morgan fingerprint density at radius 1 is 1.29 bits per heavy atom. The van der Waals surface area contributed by atoms with Crippen LogP contribution in [0.15, 0.2) is 12.1 Å². The van der Waals surface area contributed by atoms with Gasteiger partial charge in [0.1, 0.15) is 5.15 Å². The van der Waals surface area contributed by atoms with Crippen LogP contribution in [0.5, 0.6) is 0 Å². The van der Waals surface area contributed by atoms with E-state index in [1.807, 2.05) is 0 Å². The van der Waals surface area contributed by atoms with Gasteiger partial charge in [0, 0.05) is 31.5 Å². The maximum absolute atomic E-state index is 12.5. The van der Waals surface area contributed by atoms with Crippen molar-refractivity contribution in [1.29, 1.82) is 0 Å². The summed E-state index contributed by atoms with van der Waals surface area (Å²) in [6.45, 7) is 2.78. The molecule has 21 heavy (non-hydrogen) atoms. The largest absolute Gasteiger partial charge is 0.469 e. The van der Waals surface area contributed by atoms with Crippen LogP contribution in [-0.4, -0.2) is 55.7 Å². The molecule has 1 aromatic rings. The average Bonchev–Trinajstić information content (AvgIpc) is 2.45. The lowest BCUT2D eigenvalue weighted by Crippen LogP contribution is -2.36. The average molecular weight is 315 g/mol. The maximum Gasteiger partial charge on any atom is 0.307 e. The molecule has 0 N–H and O–H groups in total. The van der Waals surface area contributed by atoms with Gasteiger partial charge in [-0.15, -0.1) is 0 Å². The number of pyridine rings is 1. The molecule has 6 nitrogen and oxygen atoms in total. The van der Waals surface area contributed by atoms with E-state index in [9.17, 15) is 9.59 Å². The third kappa shape index (κ3) is 5.69. The van der Waals surface area contributed by atoms with E-state index in [2.05, 4.69) is 9.72 Å². The van der Waals surface area contributed by atoms with E-state index in [0.717, 1.165) is 0 Å². The van der Waals surface area contributed by atoms with Gasteiger partial charge in [-0.25, -0.2) is 4.98 Å². The molecule has 0 atom stereocenters. The lowest BCUT2D eigenvalue weighted by Gasteiger charge is -2.22. The summed E-state index contributed by atoms with van der Waals surface area (Å²) < 4.78 is 9.58. The Labute approximate surface area is 129 Å². The van der Waals surface area contributed by atoms with Gasteiger partial charge in [0.15, 0.2) is 0 Å². The number of halogens is 1. The standard InChI is InChI=1S/C14H19ClN2O4/c1-10-8-11(9-12(15)16-10)14(19)17(6-7-20-2)5-4-13(18)21-3/h8-9H,4-7H2,1-3H3. The summed E-state index contributed by atoms with van der Waals surface area (Å²) in [4.78, 5) is 29.3. The lowest BCUT2D eigenvalue weighted by atomic mass is 10.2. The van der Waals surface area contributed by atoms with Crippen LogP contribution in [0.2, 0.25) is 5.15 Å². The SMILES string of the molecule is COCCN(CCC(=O)OC)C(=O)c1cc(C)nc(Cl)c1. The van der Waals surface area contributed by atoms with E-state index in [1.165, 1.54) is 18.1 Å². The zero-order chi connectivity index (χ0) is 15.8. The Morgan fingerprint density at radius 2 is 2.00 bits per heavy atom. The van der Waals surface area contributed by atoms with Crippen molar-refractivity contribution in [3.8, 4) is 0 Å². The zero-order valence-corrected chi connectivity index (χ0v) is 13.1. The Hall–Kier alpha value is -1.66. The van der Waals surface area contributed by atoms with Crippen LogP contribution < -0.4 is 0 Å². The summed E-state index contributed by atoms with van der Waals surface area (Å²) in [5.41, 5.74) is 1.10. The number of aromatic nitrogens is 1. The van der Waals surface area contributed by atoms with Gasteiger partial charge in [-0.05, 0) is 19.1 Å². The number of hydrogen-bond acceptors (Lipinski definition) is 5. The minimum atomic E-state index is -0.367. The topological polar surface area (TPSA) is 68.7 Å². The number of amides is 1. The predicted molar refractivity (Wildman–Crippen MR) is 78.4 cm³/mol. The molecule has 0 aromatic carbocycles. The molecule has 0 spiro atoms. The van der Waals surface area contributed by atoms with Crippen LogP contribution in [0, 0.1) is 6.92 Å². The predicted octanol–water partition coefficient (Wildman–Crippen LogP) is 1.70. The zero-order valence-electron chi connectivity index (χ0n) is 12.4. The number of aryl methyl sites for hydroxylation is 1. The monoisotopic (exact) mass is 314 g/mol. The quantitative estimate of drug-likeness (QED) is 0.566. The van der Waals surface area contributed by atoms with Crippen molar-refractivity contribution >= 4 is 23.5 Å². The number of rotatable bonds is 7. The van der Waals surface area contributed by atoms with E-state index in [1.54, 1.807) is 20.1 Å². The molecule has 0 aliphatic rings. The molecule has 0 aliphatic carbocycles. The summed E-state index contributed by atoms with van der Waals surface area (Å²) in [5.74, 6) is -0.586. The van der Waals surface area contributed by atoms with Gasteiger partial charge in [-0.3, -0.25) is 9.59 Å². The Kier molecular flexibility index (Phi) is 7.11. The molecule has 1 amide bonds. The summed E-state index contributed by atoms with van der Waals surface area (Å²) in [6.07, 6.45) is 0.129. The van der Waals surface area contributed by atoms with Gasteiger partial charge in [-0.1, -0.05) is 11.6 Å². The number of carbonyl (C=O) groups is 2. The second-order valence-electron chi connectivity index (χ2n) is 4.43. The molecular weight excluding hydrogens is 296 g/mol. The number of carbonyl (C=O) groups excluding carboxylic acids is 2. The highest BCUT2D eigenvalue weighted by molar-refractivity contribution is 6.29. The first-order valence-corrected chi connectivity index (χ1v) is 6.85. The third-order valence-corrected chi connectivity index (χ3v) is 3.03. The number of esters is 1. The van der Waals surface area contributed by atoms with Crippen LogP contribution >= 0.6 is 11.6 Å². The molecule has 0 saturated heterocycles. The Bertz CT molecular complexity index is 487. The van der Waals surface area contributed by atoms with Crippen molar-refractivity contribution in [2.75, 3.05) is 33.9 Å². The summed E-state index contributed by atoms with van der Waals surface area (Å²) in [6, 6.07) is 3.17. The molecule has 0 saturated carbocycles. The molecule has 0 fully saturated rings. The van der Waals surface area contributed by atoms with Crippen LogP contribution in [0.4, 0.5) is 0 Å². The van der Waals surface area contributed by atoms with Crippen molar-refractivity contribution in [1.82, 2.24) is 9.88 Å². The van der Waals surface area contributed by atoms with Crippen molar-refractivity contribution in [3.63, 3.8) is 0 Å². The maximum atomic E-state index is 12.5. The molecule has 1 heterocycles. The fourth-order valence-electron chi connectivity index (χ4n) is 1.78. The first-order chi connectivity index (χ1) is 9.97. The highest BCUT2D eigenvalue weighted by Crippen LogP contribution is 2.13. The van der Waals surface area contributed by atoms with Crippen LogP contribution in [0.1, 0.15) is 22.5 Å². The molecular formula is C14H19ClN2O4. The summed E-state index contributed by atoms with van der Waals surface area (Å²) in [7, 11) is 2.87. The Balaban J connectivity index is 2.84. The molecule has 0 aliphatic heterocycles. The molecule has 0 bridgehead atoms. The number of methoxy groups -OCH3 is 2. The first kappa shape index (κ1) is 17.4. The number of nitrogens with zero attached hydrogens (tertiary/aromatic N) is 2. The van der Waals surface area contributed by atoms with Crippen LogP contribution in [0.3, 0.4) is 0 Å². The van der Waals surface area contributed by atoms with E-state index < -0.39 is 0 Å². The number of ether oxygens (including phenoxy) is 2. The fourth-order valence-corrected chi connectivity index (χ4v) is 2.03. The summed E-state index contributed by atoms with van der Waals surface area (Å²) in [5, 5.41) is 0.262. The summed E-state index contributed by atoms with van der Waals surface area (Å²) >= 11 is 5.87. The Morgan fingerprint density at radius 3 is 2.57 bits per heavy atom. The second-order valence-corrected chi connectivity index (χ2v) is 4.82. The second kappa shape index (κ2) is 8.59. The van der Waals surface area contributed by atoms with E-state index >= 15 is 0 Å². The van der Waals surface area contributed by atoms with Crippen LogP contribution in [-0.2, 0) is 14.3 Å². The van der Waals surface area contributed by atoms with Crippen molar-refractivity contribution in [2.45, 2.75) is 13.3 Å². The molecule has 1 rings (SSSR count). The van der Waals surface area contributed by atoms with Crippen LogP contribution in [0.25, 0.3) is 0 Å². The van der Waals surface area contributed by atoms with Gasteiger partial charge in [0.2, 0.25) is 0 Å². The van der Waals surface area contributed by atoms with Gasteiger partial charge in [0.25, 0.3) is 5.91 Å². The highest BCUT2D eigenvalue weighted by Gasteiger charge is 2.18. The van der Waals surface area contributed by atoms with Gasteiger partial charge < -0.3 is 14.4 Å². The molecule has 7 heteroatoms. The van der Waals surface area contributed by atoms with E-state index in [4.69, 9.17) is 16.3 Å². The third-order valence-electron chi connectivity index (χ3n) is 2.84. The fraction of sp³-hybridized carbons (Fsp3) is 0.500. The minimum Gasteiger partial charge on any atom is -0.469 e. The van der Waals surface area contributed by atoms with Gasteiger partial charge in [-0.2, -0.15) is 0 Å². The molecule has 116 valence electrons. The minimum absolute atomic E-state index is 0.129. The van der Waals surface area contributed by atoms with Crippen molar-refractivity contribution in [3.05, 3.63) is 28.5 Å². The van der Waals surface area contributed by atoms with Gasteiger partial charge in [0.05, 0.1) is 20.1 Å². The lowest BCUT2D eigenvalue weighted by molar-refractivity contribution is -0.140. The molecule has 0 unspecified atom stereocenters. The molecule has 0 radical (unpaired) electrons. The molecule has 1 aromatic heterocycles. The highest BCUT2D eigenvalue weighted by atomic mass is 35.5. The smallest absolute Gasteiger partial charge is 0.307 e. The van der Waals surface area contributed by atoms with Gasteiger partial charge >= 0.3 is 5.97 Å². The van der Waals surface area contributed by atoms with E-state index in [0.29, 0.717) is 24.4 Å². The van der Waals surface area contributed by atoms with Crippen molar-refractivity contribution in [2.24, 2.45) is 0 Å². The normalized spacial score (nSPS) is 10.3. The van der Waals surface area contributed by atoms with Crippen molar-refractivity contribution < 1.29 is 19.1 Å².